The number of carboxylic acid groups (broad SMARTS) is 1. The minimum atomic E-state index is -0.811. The summed E-state index contributed by atoms with van der Waals surface area (Å²) < 4.78 is 6.53. The Bertz CT molecular complexity index is 450. The Kier molecular flexibility index (Phi) is 4.24. The number of ether oxygens (including phenoxy) is 1. The van der Waals surface area contributed by atoms with Gasteiger partial charge >= 0.3 is 5.97 Å². The van der Waals surface area contributed by atoms with Crippen molar-refractivity contribution in [2.75, 3.05) is 24.6 Å². The molecule has 5 heteroatoms. The number of anilines is 1. The van der Waals surface area contributed by atoms with Crippen LogP contribution >= 0.6 is 15.9 Å². The van der Waals surface area contributed by atoms with Crippen molar-refractivity contribution in [1.29, 1.82) is 0 Å². The first-order chi connectivity index (χ1) is 8.56. The predicted octanol–water partition coefficient (Wildman–Crippen LogP) is 2.44. The molecule has 1 atom stereocenters. The summed E-state index contributed by atoms with van der Waals surface area (Å²) in [6.45, 7) is 4.07. The zero-order chi connectivity index (χ0) is 13.1. The smallest absolute Gasteiger partial charge is 0.306 e. The molecule has 0 radical (unpaired) electrons. The van der Waals surface area contributed by atoms with Crippen molar-refractivity contribution in [3.05, 3.63) is 28.2 Å². The van der Waals surface area contributed by atoms with Crippen molar-refractivity contribution in [2.24, 2.45) is 0 Å². The molecule has 1 unspecified atom stereocenters. The Hall–Kier alpha value is -1.07. The van der Waals surface area contributed by atoms with Gasteiger partial charge in [0.25, 0.3) is 0 Å². The fourth-order valence-corrected chi connectivity index (χ4v) is 2.71. The topological polar surface area (TPSA) is 49.8 Å². The van der Waals surface area contributed by atoms with Gasteiger partial charge in [0.05, 0.1) is 19.1 Å². The Morgan fingerprint density at radius 1 is 1.61 bits per heavy atom. The fraction of sp³-hybridized carbons (Fsp3) is 0.462. The maximum Gasteiger partial charge on any atom is 0.306 e. The van der Waals surface area contributed by atoms with Gasteiger partial charge in [-0.3, -0.25) is 4.79 Å². The molecule has 1 aliphatic rings. The largest absolute Gasteiger partial charge is 0.481 e. The van der Waals surface area contributed by atoms with Gasteiger partial charge in [-0.1, -0.05) is 15.9 Å². The van der Waals surface area contributed by atoms with E-state index >= 15 is 0 Å². The summed E-state index contributed by atoms with van der Waals surface area (Å²) in [5, 5.41) is 8.81. The van der Waals surface area contributed by atoms with Gasteiger partial charge < -0.3 is 14.7 Å². The van der Waals surface area contributed by atoms with Crippen LogP contribution in [0.3, 0.4) is 0 Å². The maximum absolute atomic E-state index is 10.7. The van der Waals surface area contributed by atoms with Crippen LogP contribution in [0, 0.1) is 6.92 Å². The van der Waals surface area contributed by atoms with E-state index in [0.29, 0.717) is 13.2 Å². The molecule has 4 nitrogen and oxygen atoms in total. The van der Waals surface area contributed by atoms with Gasteiger partial charge in [-0.15, -0.1) is 0 Å². The number of morpholine rings is 1. The van der Waals surface area contributed by atoms with Crippen LogP contribution in [-0.2, 0) is 9.53 Å². The van der Waals surface area contributed by atoms with Crippen molar-refractivity contribution in [3.8, 4) is 0 Å². The first-order valence-electron chi connectivity index (χ1n) is 5.91. The van der Waals surface area contributed by atoms with E-state index in [4.69, 9.17) is 9.84 Å². The van der Waals surface area contributed by atoms with E-state index in [9.17, 15) is 4.79 Å². The van der Waals surface area contributed by atoms with Crippen LogP contribution < -0.4 is 4.90 Å². The highest BCUT2D eigenvalue weighted by atomic mass is 79.9. The number of carboxylic acids is 1. The molecule has 1 heterocycles. The van der Waals surface area contributed by atoms with E-state index in [1.807, 2.05) is 6.07 Å². The average molecular weight is 314 g/mol. The lowest BCUT2D eigenvalue weighted by Crippen LogP contribution is -2.43. The number of benzene rings is 1. The summed E-state index contributed by atoms with van der Waals surface area (Å²) in [5.74, 6) is -0.811. The van der Waals surface area contributed by atoms with Gasteiger partial charge in [0.15, 0.2) is 0 Å². The second-order valence-corrected chi connectivity index (χ2v) is 5.38. The minimum Gasteiger partial charge on any atom is -0.481 e. The first-order valence-corrected chi connectivity index (χ1v) is 6.70. The summed E-state index contributed by atoms with van der Waals surface area (Å²) in [7, 11) is 0. The lowest BCUT2D eigenvalue weighted by Gasteiger charge is -2.34. The van der Waals surface area contributed by atoms with E-state index in [-0.39, 0.29) is 12.5 Å². The third-order valence-electron chi connectivity index (χ3n) is 3.04. The van der Waals surface area contributed by atoms with E-state index in [1.165, 1.54) is 5.56 Å². The summed E-state index contributed by atoms with van der Waals surface area (Å²) in [6, 6.07) is 6.13. The van der Waals surface area contributed by atoms with E-state index in [1.54, 1.807) is 0 Å². The third kappa shape index (κ3) is 3.23. The van der Waals surface area contributed by atoms with Crippen LogP contribution in [0.4, 0.5) is 5.69 Å². The van der Waals surface area contributed by atoms with E-state index in [0.717, 1.165) is 16.7 Å². The van der Waals surface area contributed by atoms with Gasteiger partial charge in [0.2, 0.25) is 0 Å². The molecule has 18 heavy (non-hydrogen) atoms. The number of carbonyl (C=O) groups is 1. The number of aliphatic carboxylic acids is 1. The lowest BCUT2D eigenvalue weighted by molar-refractivity contribution is -0.140. The molecule has 1 aromatic carbocycles. The van der Waals surface area contributed by atoms with Crippen molar-refractivity contribution in [3.63, 3.8) is 0 Å². The monoisotopic (exact) mass is 313 g/mol. The second kappa shape index (κ2) is 5.71. The summed E-state index contributed by atoms with van der Waals surface area (Å²) in [5.41, 5.74) is 2.33. The quantitative estimate of drug-likeness (QED) is 0.931. The highest BCUT2D eigenvalue weighted by Gasteiger charge is 2.23. The fourth-order valence-electron chi connectivity index (χ4n) is 2.23. The Morgan fingerprint density at radius 3 is 3.06 bits per heavy atom. The number of nitrogens with zero attached hydrogens (tertiary/aromatic N) is 1. The summed E-state index contributed by atoms with van der Waals surface area (Å²) >= 11 is 3.44. The molecule has 1 N–H and O–H groups in total. The molecule has 2 rings (SSSR count). The van der Waals surface area contributed by atoms with Crippen LogP contribution in [0.1, 0.15) is 12.0 Å². The van der Waals surface area contributed by atoms with Gasteiger partial charge in [0, 0.05) is 23.2 Å². The molecule has 0 aromatic heterocycles. The van der Waals surface area contributed by atoms with Crippen molar-refractivity contribution in [1.82, 2.24) is 0 Å². The molecule has 1 fully saturated rings. The standard InChI is InChI=1S/C13H16BrNO3/c1-9-6-10(14)2-3-12(9)15-4-5-18-11(8-15)7-13(16)17/h2-3,6,11H,4-5,7-8H2,1H3,(H,16,17). The van der Waals surface area contributed by atoms with Gasteiger partial charge in [0.1, 0.15) is 0 Å². The van der Waals surface area contributed by atoms with Crippen LogP contribution in [0.5, 0.6) is 0 Å². The van der Waals surface area contributed by atoms with E-state index in [2.05, 4.69) is 39.9 Å². The second-order valence-electron chi connectivity index (χ2n) is 4.47. The zero-order valence-electron chi connectivity index (χ0n) is 10.2. The van der Waals surface area contributed by atoms with Crippen LogP contribution in [-0.4, -0.2) is 36.9 Å². The average Bonchev–Trinajstić information content (AvgIpc) is 2.28. The number of aryl methyl sites for hydroxylation is 1. The molecule has 1 saturated heterocycles. The maximum atomic E-state index is 10.7. The summed E-state index contributed by atoms with van der Waals surface area (Å²) in [6.07, 6.45) is -0.161. The molecule has 0 bridgehead atoms. The minimum absolute atomic E-state index is 0.0616. The van der Waals surface area contributed by atoms with Crippen LogP contribution in [0.15, 0.2) is 22.7 Å². The first kappa shape index (κ1) is 13.4. The molecule has 98 valence electrons. The normalized spacial score (nSPS) is 19.9. The molecule has 1 aliphatic heterocycles. The summed E-state index contributed by atoms with van der Waals surface area (Å²) in [4.78, 5) is 12.9. The molecular weight excluding hydrogens is 298 g/mol. The Balaban J connectivity index is 2.10. The number of rotatable bonds is 3. The van der Waals surface area contributed by atoms with Gasteiger partial charge in [-0.25, -0.2) is 0 Å². The molecule has 0 amide bonds. The van der Waals surface area contributed by atoms with Crippen LogP contribution in [0.2, 0.25) is 0 Å². The van der Waals surface area contributed by atoms with Gasteiger partial charge in [-0.2, -0.15) is 0 Å². The molecule has 1 aromatic rings. The highest BCUT2D eigenvalue weighted by molar-refractivity contribution is 9.10. The van der Waals surface area contributed by atoms with Crippen molar-refractivity contribution >= 4 is 27.6 Å². The number of hydrogen-bond acceptors (Lipinski definition) is 3. The molecule has 0 saturated carbocycles. The Morgan fingerprint density at radius 2 is 2.39 bits per heavy atom. The molecule has 0 aliphatic carbocycles. The van der Waals surface area contributed by atoms with Crippen molar-refractivity contribution < 1.29 is 14.6 Å². The highest BCUT2D eigenvalue weighted by Crippen LogP contribution is 2.25. The van der Waals surface area contributed by atoms with Crippen molar-refractivity contribution in [2.45, 2.75) is 19.4 Å². The lowest BCUT2D eigenvalue weighted by atomic mass is 10.1. The third-order valence-corrected chi connectivity index (χ3v) is 3.53. The van der Waals surface area contributed by atoms with Gasteiger partial charge in [-0.05, 0) is 30.7 Å². The Labute approximate surface area is 115 Å². The molecular formula is C13H16BrNO3. The number of halogens is 1. The van der Waals surface area contributed by atoms with Crippen LogP contribution in [0.25, 0.3) is 0 Å². The molecule has 0 spiro atoms. The SMILES string of the molecule is Cc1cc(Br)ccc1N1CCOC(CC(=O)O)C1. The number of hydrogen-bond donors (Lipinski definition) is 1. The predicted molar refractivity (Wildman–Crippen MR) is 73.1 cm³/mol. The zero-order valence-corrected chi connectivity index (χ0v) is 11.8. The van der Waals surface area contributed by atoms with E-state index < -0.39 is 5.97 Å².